The Morgan fingerprint density at radius 2 is 1.93 bits per heavy atom. The van der Waals surface area contributed by atoms with Gasteiger partial charge in [0.2, 0.25) is 5.91 Å². The number of rotatable bonds is 5. The third-order valence-electron chi connectivity index (χ3n) is 4.78. The molecule has 2 aromatic rings. The minimum Gasteiger partial charge on any atom is -0.490 e. The number of hydrogen-bond acceptors (Lipinski definition) is 3. The minimum absolute atomic E-state index is 0.0353. The Labute approximate surface area is 165 Å². The van der Waals surface area contributed by atoms with Crippen LogP contribution in [0.1, 0.15) is 26.3 Å². The smallest absolute Gasteiger partial charge is 0.319 e. The Morgan fingerprint density at radius 3 is 2.64 bits per heavy atom. The molecule has 0 aliphatic carbocycles. The molecule has 0 aromatic heterocycles. The van der Waals surface area contributed by atoms with Crippen molar-refractivity contribution >= 4 is 23.3 Å². The molecule has 0 fully saturated rings. The molecule has 0 saturated carbocycles. The van der Waals surface area contributed by atoms with E-state index in [1.54, 1.807) is 17.0 Å². The van der Waals surface area contributed by atoms with Gasteiger partial charge in [-0.2, -0.15) is 0 Å². The molecule has 3 rings (SSSR count). The monoisotopic (exact) mass is 381 g/mol. The van der Waals surface area contributed by atoms with Gasteiger partial charge in [-0.1, -0.05) is 30.3 Å². The van der Waals surface area contributed by atoms with Gasteiger partial charge < -0.3 is 20.3 Å². The van der Waals surface area contributed by atoms with Crippen molar-refractivity contribution in [3.8, 4) is 5.75 Å². The number of benzene rings is 2. The molecule has 1 aliphatic rings. The first-order valence-corrected chi connectivity index (χ1v) is 9.58. The molecule has 3 amide bonds. The highest BCUT2D eigenvalue weighted by atomic mass is 16.5. The Bertz CT molecular complexity index is 849. The van der Waals surface area contributed by atoms with E-state index in [1.165, 1.54) is 5.56 Å². The average molecular weight is 381 g/mol. The molecule has 148 valence electrons. The zero-order chi connectivity index (χ0) is 20.1. The molecule has 0 unspecified atom stereocenters. The van der Waals surface area contributed by atoms with Crippen molar-refractivity contribution in [1.29, 1.82) is 0 Å². The van der Waals surface area contributed by atoms with Crippen molar-refractivity contribution in [1.82, 2.24) is 5.32 Å². The number of anilines is 2. The predicted molar refractivity (Wildman–Crippen MR) is 111 cm³/mol. The summed E-state index contributed by atoms with van der Waals surface area (Å²) < 4.78 is 5.89. The van der Waals surface area contributed by atoms with Crippen molar-refractivity contribution in [2.24, 2.45) is 5.41 Å². The molecule has 0 atom stereocenters. The summed E-state index contributed by atoms with van der Waals surface area (Å²) in [5.74, 6) is 0.635. The second-order valence-corrected chi connectivity index (χ2v) is 7.52. The van der Waals surface area contributed by atoms with Crippen LogP contribution in [0.2, 0.25) is 0 Å². The largest absolute Gasteiger partial charge is 0.490 e. The van der Waals surface area contributed by atoms with Crippen molar-refractivity contribution in [2.75, 3.05) is 29.9 Å². The maximum absolute atomic E-state index is 12.7. The lowest BCUT2D eigenvalue weighted by molar-refractivity contribution is -0.127. The number of urea groups is 1. The summed E-state index contributed by atoms with van der Waals surface area (Å²) in [7, 11) is 0. The van der Waals surface area contributed by atoms with Gasteiger partial charge in [-0.3, -0.25) is 4.79 Å². The second-order valence-electron chi connectivity index (χ2n) is 7.52. The maximum atomic E-state index is 12.7. The highest BCUT2D eigenvalue weighted by Crippen LogP contribution is 2.37. The molecule has 6 heteroatoms. The van der Waals surface area contributed by atoms with Gasteiger partial charge in [0.1, 0.15) is 12.4 Å². The summed E-state index contributed by atoms with van der Waals surface area (Å²) in [6.07, 6.45) is 0.768. The lowest BCUT2D eigenvalue weighted by Crippen LogP contribution is -2.42. The summed E-state index contributed by atoms with van der Waals surface area (Å²) in [5, 5.41) is 5.69. The highest BCUT2D eigenvalue weighted by molar-refractivity contribution is 6.00. The maximum Gasteiger partial charge on any atom is 0.319 e. The van der Waals surface area contributed by atoms with Crippen molar-refractivity contribution in [2.45, 2.75) is 27.2 Å². The molecule has 1 aliphatic heterocycles. The first-order valence-electron chi connectivity index (χ1n) is 9.58. The fraction of sp³-hybridized carbons (Fsp3) is 0.364. The molecule has 6 nitrogen and oxygen atoms in total. The zero-order valence-corrected chi connectivity index (χ0v) is 16.6. The quantitative estimate of drug-likeness (QED) is 0.827. The van der Waals surface area contributed by atoms with E-state index in [2.05, 4.69) is 10.6 Å². The zero-order valence-electron chi connectivity index (χ0n) is 16.6. The topological polar surface area (TPSA) is 70.7 Å². The number of fused-ring (bicyclic) bond motifs is 1. The normalized spacial score (nSPS) is 15.2. The summed E-state index contributed by atoms with van der Waals surface area (Å²) in [5.41, 5.74) is 1.93. The molecule has 0 bridgehead atoms. The first kappa shape index (κ1) is 19.7. The van der Waals surface area contributed by atoms with E-state index in [-0.39, 0.29) is 11.9 Å². The molecular formula is C22H27N3O3. The number of nitrogens with one attached hydrogen (secondary N) is 2. The van der Waals surface area contributed by atoms with Gasteiger partial charge in [-0.15, -0.1) is 0 Å². The number of ether oxygens (including phenoxy) is 1. The Kier molecular flexibility index (Phi) is 5.87. The summed E-state index contributed by atoms with van der Waals surface area (Å²) in [6.45, 7) is 7.10. The molecule has 1 heterocycles. The van der Waals surface area contributed by atoms with Gasteiger partial charge in [-0.25, -0.2) is 4.79 Å². The van der Waals surface area contributed by atoms with E-state index >= 15 is 0 Å². The Balaban J connectivity index is 1.64. The van der Waals surface area contributed by atoms with Gasteiger partial charge in [-0.05, 0) is 44.9 Å². The number of nitrogens with zero attached hydrogens (tertiary/aromatic N) is 1. The molecular weight excluding hydrogens is 354 g/mol. The van der Waals surface area contributed by atoms with E-state index < -0.39 is 5.41 Å². The molecule has 2 N–H and O–H groups in total. The SMILES string of the molecule is CCN1C(=O)C(C)(C)COc2cc(NC(=O)NCCc3ccccc3)ccc21. The van der Waals surface area contributed by atoms with Crippen LogP contribution in [0.25, 0.3) is 0 Å². The van der Waals surface area contributed by atoms with E-state index in [4.69, 9.17) is 4.74 Å². The lowest BCUT2D eigenvalue weighted by Gasteiger charge is -2.26. The molecule has 2 aromatic carbocycles. The van der Waals surface area contributed by atoms with E-state index in [1.807, 2.05) is 57.2 Å². The van der Waals surface area contributed by atoms with Crippen LogP contribution >= 0.6 is 0 Å². The Morgan fingerprint density at radius 1 is 1.18 bits per heavy atom. The summed E-state index contributed by atoms with van der Waals surface area (Å²) >= 11 is 0. The number of amides is 3. The fourth-order valence-corrected chi connectivity index (χ4v) is 3.18. The van der Waals surface area contributed by atoms with E-state index in [0.29, 0.717) is 31.1 Å². The summed E-state index contributed by atoms with van der Waals surface area (Å²) in [6, 6.07) is 15.1. The van der Waals surface area contributed by atoms with Gasteiger partial charge in [0.05, 0.1) is 11.1 Å². The third kappa shape index (κ3) is 4.44. The Hall–Kier alpha value is -3.02. The van der Waals surface area contributed by atoms with Crippen LogP contribution in [0.3, 0.4) is 0 Å². The van der Waals surface area contributed by atoms with Crippen LogP contribution < -0.4 is 20.3 Å². The second kappa shape index (κ2) is 8.33. The molecule has 0 spiro atoms. The lowest BCUT2D eigenvalue weighted by atomic mass is 9.93. The van der Waals surface area contributed by atoms with Gasteiger partial charge in [0.25, 0.3) is 0 Å². The third-order valence-corrected chi connectivity index (χ3v) is 4.78. The number of hydrogen-bond donors (Lipinski definition) is 2. The van der Waals surface area contributed by atoms with Gasteiger partial charge in [0, 0.05) is 24.8 Å². The van der Waals surface area contributed by atoms with E-state index in [0.717, 1.165) is 12.1 Å². The standard InChI is InChI=1S/C22H27N3O3/c1-4-25-18-11-10-17(14-19(18)28-15-22(2,3)20(25)26)24-21(27)23-13-12-16-8-6-5-7-9-16/h5-11,14H,4,12-13,15H2,1-3H3,(H2,23,24,27). The van der Waals surface area contributed by atoms with Gasteiger partial charge in [0.15, 0.2) is 0 Å². The molecule has 0 saturated heterocycles. The molecule has 0 radical (unpaired) electrons. The first-order chi connectivity index (χ1) is 13.4. The average Bonchev–Trinajstić information content (AvgIpc) is 2.77. The predicted octanol–water partition coefficient (Wildman–Crippen LogP) is 3.82. The van der Waals surface area contributed by atoms with Crippen LogP contribution in [0.4, 0.5) is 16.2 Å². The number of carbonyl (C=O) groups excluding carboxylic acids is 2. The van der Waals surface area contributed by atoms with Crippen LogP contribution in [-0.2, 0) is 11.2 Å². The van der Waals surface area contributed by atoms with Gasteiger partial charge >= 0.3 is 6.03 Å². The fourth-order valence-electron chi connectivity index (χ4n) is 3.18. The van der Waals surface area contributed by atoms with Crippen LogP contribution in [0.5, 0.6) is 5.75 Å². The minimum atomic E-state index is -0.600. The van der Waals surface area contributed by atoms with Crippen LogP contribution in [0.15, 0.2) is 48.5 Å². The molecule has 28 heavy (non-hydrogen) atoms. The van der Waals surface area contributed by atoms with Crippen LogP contribution in [-0.4, -0.2) is 31.6 Å². The van der Waals surface area contributed by atoms with Crippen molar-refractivity contribution in [3.05, 3.63) is 54.1 Å². The van der Waals surface area contributed by atoms with E-state index in [9.17, 15) is 9.59 Å². The number of carbonyl (C=O) groups is 2. The highest BCUT2D eigenvalue weighted by Gasteiger charge is 2.37. The van der Waals surface area contributed by atoms with Crippen LogP contribution in [0, 0.1) is 5.41 Å². The van der Waals surface area contributed by atoms with Crippen molar-refractivity contribution in [3.63, 3.8) is 0 Å². The van der Waals surface area contributed by atoms with Crippen molar-refractivity contribution < 1.29 is 14.3 Å². The summed E-state index contributed by atoms with van der Waals surface area (Å²) in [4.78, 5) is 26.6.